The predicted octanol–water partition coefficient (Wildman–Crippen LogP) is 3.85. The topological polar surface area (TPSA) is 196 Å². The fraction of sp³-hybridized carbons (Fsp3) is 0.0714. The number of carbonyl (C=O) groups is 2. The van der Waals surface area contributed by atoms with E-state index in [0.717, 1.165) is 18.2 Å². The van der Waals surface area contributed by atoms with Crippen LogP contribution in [0.4, 0.5) is 0 Å². The van der Waals surface area contributed by atoms with E-state index in [0.29, 0.717) is 16.7 Å². The van der Waals surface area contributed by atoms with E-state index < -0.39 is 51.6 Å². The Hall–Kier alpha value is -5.38. The van der Waals surface area contributed by atoms with Crippen LogP contribution in [0.3, 0.4) is 0 Å². The van der Waals surface area contributed by atoms with E-state index in [1.807, 2.05) is 0 Å². The number of phenolic OH excluding ortho intramolecular Hbond substituents is 8. The first-order valence-electron chi connectivity index (χ1n) is 11.2. The number of aryl methyl sites for hydroxylation is 2. The molecule has 0 bridgehead atoms. The molecule has 10 nitrogen and oxygen atoms in total. The van der Waals surface area contributed by atoms with Crippen LogP contribution in [0, 0.1) is 0 Å². The number of carbonyl (C=O) groups excluding carboxylic acids is 2. The zero-order valence-corrected chi connectivity index (χ0v) is 19.6. The molecule has 8 N–H and O–H groups in total. The van der Waals surface area contributed by atoms with E-state index in [4.69, 9.17) is 0 Å². The van der Waals surface area contributed by atoms with Crippen molar-refractivity contribution >= 4 is 11.6 Å². The molecule has 0 spiro atoms. The number of Topliss-reactive ketones (excluding diaryl/α,β-unsaturated/α-hetero) is 2. The van der Waals surface area contributed by atoms with Gasteiger partial charge in [-0.3, -0.25) is 9.59 Å². The normalized spacial score (nSPS) is 10.8. The maximum absolute atomic E-state index is 13.2. The smallest absolute Gasteiger partial charge is 0.234 e. The number of benzene rings is 4. The summed E-state index contributed by atoms with van der Waals surface area (Å²) in [6, 6.07) is 12.3. The monoisotopic (exact) mass is 518 g/mol. The minimum atomic E-state index is -1.13. The van der Waals surface area contributed by atoms with Crippen LogP contribution in [0.15, 0.2) is 60.7 Å². The molecule has 194 valence electrons. The van der Waals surface area contributed by atoms with Crippen molar-refractivity contribution in [3.63, 3.8) is 0 Å². The van der Waals surface area contributed by atoms with Gasteiger partial charge in [-0.25, -0.2) is 0 Å². The van der Waals surface area contributed by atoms with E-state index in [9.17, 15) is 50.4 Å². The standard InChI is InChI=1S/C28H22O10/c29-16-3-5-18(14(9-16)2-1-13-7-21(31)27(37)22(32)8-13)19-6-4-17(30)12-20(19)26(36)25(35)15-10-23(33)28(38)24(34)11-15/h3-12,29-34,37-38H,1-2H2. The molecule has 0 radical (unpaired) electrons. The van der Waals surface area contributed by atoms with Crippen molar-refractivity contribution in [2.24, 2.45) is 0 Å². The van der Waals surface area contributed by atoms with E-state index in [-0.39, 0.29) is 35.5 Å². The first-order valence-corrected chi connectivity index (χ1v) is 11.2. The lowest BCUT2D eigenvalue weighted by Gasteiger charge is -2.15. The fourth-order valence-electron chi connectivity index (χ4n) is 4.08. The Morgan fingerprint density at radius 1 is 0.526 bits per heavy atom. The van der Waals surface area contributed by atoms with Gasteiger partial charge in [0.2, 0.25) is 11.6 Å². The molecule has 0 aromatic heterocycles. The van der Waals surface area contributed by atoms with Crippen molar-refractivity contribution < 1.29 is 50.4 Å². The number of ketones is 2. The van der Waals surface area contributed by atoms with Gasteiger partial charge in [0.15, 0.2) is 34.5 Å². The van der Waals surface area contributed by atoms with Crippen molar-refractivity contribution in [2.45, 2.75) is 12.8 Å². The molecule has 4 rings (SSSR count). The van der Waals surface area contributed by atoms with Crippen LogP contribution in [-0.2, 0) is 12.8 Å². The van der Waals surface area contributed by atoms with Crippen LogP contribution in [0.25, 0.3) is 11.1 Å². The summed E-state index contributed by atoms with van der Waals surface area (Å²) in [4.78, 5) is 26.2. The van der Waals surface area contributed by atoms with E-state index in [2.05, 4.69) is 0 Å². The molecule has 0 aliphatic rings. The number of hydrogen-bond acceptors (Lipinski definition) is 10. The minimum Gasteiger partial charge on any atom is -0.508 e. The van der Waals surface area contributed by atoms with Crippen molar-refractivity contribution in [1.29, 1.82) is 0 Å². The van der Waals surface area contributed by atoms with Crippen LogP contribution in [0.5, 0.6) is 46.0 Å². The van der Waals surface area contributed by atoms with E-state index in [1.54, 1.807) is 0 Å². The van der Waals surface area contributed by atoms with Gasteiger partial charge in [-0.05, 0) is 89.7 Å². The molecule has 0 unspecified atom stereocenters. The van der Waals surface area contributed by atoms with E-state index in [1.165, 1.54) is 42.5 Å². The minimum absolute atomic E-state index is 0.0853. The largest absolute Gasteiger partial charge is 0.508 e. The molecule has 0 heterocycles. The highest BCUT2D eigenvalue weighted by Gasteiger charge is 2.25. The Labute approximate surface area is 215 Å². The summed E-state index contributed by atoms with van der Waals surface area (Å²) in [5, 5.41) is 78.3. The summed E-state index contributed by atoms with van der Waals surface area (Å²) in [6.07, 6.45) is 0.472. The van der Waals surface area contributed by atoms with Crippen molar-refractivity contribution in [1.82, 2.24) is 0 Å². The summed E-state index contributed by atoms with van der Waals surface area (Å²) in [5.74, 6) is -6.72. The van der Waals surface area contributed by atoms with Gasteiger partial charge >= 0.3 is 0 Å². The SMILES string of the molecule is O=C(C(=O)c1cc(O)ccc1-c1ccc(O)cc1CCc1cc(O)c(O)c(O)c1)c1cc(O)c(O)c(O)c1. The first-order chi connectivity index (χ1) is 18.0. The molecule has 0 atom stereocenters. The Morgan fingerprint density at radius 3 is 1.61 bits per heavy atom. The van der Waals surface area contributed by atoms with Gasteiger partial charge in [-0.1, -0.05) is 6.07 Å². The van der Waals surface area contributed by atoms with Gasteiger partial charge in [0, 0.05) is 11.1 Å². The number of aromatic hydroxyl groups is 8. The first kappa shape index (κ1) is 25.7. The molecule has 4 aromatic carbocycles. The van der Waals surface area contributed by atoms with Crippen LogP contribution in [0.2, 0.25) is 0 Å². The highest BCUT2D eigenvalue weighted by atomic mass is 16.3. The quantitative estimate of drug-likeness (QED) is 0.101. The van der Waals surface area contributed by atoms with Crippen molar-refractivity contribution in [2.75, 3.05) is 0 Å². The Bertz CT molecular complexity index is 1540. The Morgan fingerprint density at radius 2 is 1.03 bits per heavy atom. The zero-order valence-electron chi connectivity index (χ0n) is 19.6. The van der Waals surface area contributed by atoms with E-state index >= 15 is 0 Å². The van der Waals surface area contributed by atoms with Crippen LogP contribution < -0.4 is 0 Å². The second kappa shape index (κ2) is 9.94. The van der Waals surface area contributed by atoms with Crippen molar-refractivity contribution in [3.8, 4) is 57.1 Å². The summed E-state index contributed by atoms with van der Waals surface area (Å²) < 4.78 is 0. The van der Waals surface area contributed by atoms with Gasteiger partial charge in [0.05, 0.1) is 0 Å². The molecule has 0 saturated carbocycles. The van der Waals surface area contributed by atoms with Gasteiger partial charge in [0.1, 0.15) is 11.5 Å². The summed E-state index contributed by atoms with van der Waals surface area (Å²) in [7, 11) is 0. The van der Waals surface area contributed by atoms with Crippen molar-refractivity contribution in [3.05, 3.63) is 82.9 Å². The number of phenols is 8. The molecule has 0 aliphatic heterocycles. The molecule has 10 heteroatoms. The second-order valence-corrected chi connectivity index (χ2v) is 8.58. The average Bonchev–Trinajstić information content (AvgIpc) is 2.88. The maximum atomic E-state index is 13.2. The van der Waals surface area contributed by atoms with Crippen LogP contribution >= 0.6 is 0 Å². The molecular formula is C28H22O10. The van der Waals surface area contributed by atoms with Crippen LogP contribution in [0.1, 0.15) is 31.8 Å². The number of rotatable bonds is 7. The average molecular weight is 518 g/mol. The van der Waals surface area contributed by atoms with Gasteiger partial charge < -0.3 is 40.9 Å². The fourth-order valence-corrected chi connectivity index (χ4v) is 4.08. The summed E-state index contributed by atoms with van der Waals surface area (Å²) in [6.45, 7) is 0. The molecule has 38 heavy (non-hydrogen) atoms. The van der Waals surface area contributed by atoms with Crippen LogP contribution in [-0.4, -0.2) is 52.4 Å². The third-order valence-electron chi connectivity index (χ3n) is 5.98. The second-order valence-electron chi connectivity index (χ2n) is 8.58. The Balaban J connectivity index is 1.74. The lowest BCUT2D eigenvalue weighted by atomic mass is 9.89. The lowest BCUT2D eigenvalue weighted by Crippen LogP contribution is -2.16. The molecular weight excluding hydrogens is 496 g/mol. The van der Waals surface area contributed by atoms with Gasteiger partial charge in [-0.2, -0.15) is 0 Å². The third kappa shape index (κ3) is 4.96. The highest BCUT2D eigenvalue weighted by molar-refractivity contribution is 6.50. The predicted molar refractivity (Wildman–Crippen MR) is 134 cm³/mol. The highest BCUT2D eigenvalue weighted by Crippen LogP contribution is 2.38. The lowest BCUT2D eigenvalue weighted by molar-refractivity contribution is 0.0817. The molecule has 0 saturated heterocycles. The number of hydrogen-bond donors (Lipinski definition) is 8. The van der Waals surface area contributed by atoms with Gasteiger partial charge in [-0.15, -0.1) is 0 Å². The maximum Gasteiger partial charge on any atom is 0.234 e. The summed E-state index contributed by atoms with van der Waals surface area (Å²) in [5.41, 5.74) is 1.06. The van der Waals surface area contributed by atoms with Gasteiger partial charge in [0.25, 0.3) is 0 Å². The summed E-state index contributed by atoms with van der Waals surface area (Å²) >= 11 is 0. The third-order valence-corrected chi connectivity index (χ3v) is 5.98. The molecule has 0 amide bonds. The molecule has 4 aromatic rings. The molecule has 0 aliphatic carbocycles. The Kier molecular flexibility index (Phi) is 6.72. The molecule has 0 fully saturated rings. The zero-order chi connectivity index (χ0) is 27.7.